The van der Waals surface area contributed by atoms with E-state index in [4.69, 9.17) is 10.8 Å². The van der Waals surface area contributed by atoms with Gasteiger partial charge in [0.15, 0.2) is 0 Å². The largest absolute Gasteiger partial charge is 0.480 e. The number of carboxylic acid groups (broad SMARTS) is 1. The fourth-order valence-corrected chi connectivity index (χ4v) is 1.13. The van der Waals surface area contributed by atoms with E-state index >= 15 is 0 Å². The Hall–Kier alpha value is -1.40. The van der Waals surface area contributed by atoms with Crippen LogP contribution >= 0.6 is 0 Å². The topological polar surface area (TPSA) is 101 Å². The second-order valence-corrected chi connectivity index (χ2v) is 3.12. The lowest BCUT2D eigenvalue weighted by atomic mass is 10.0. The second-order valence-electron chi connectivity index (χ2n) is 3.12. The average molecular weight is 199 g/mol. The first kappa shape index (κ1) is 10.7. The molecule has 0 aliphatic carbocycles. The van der Waals surface area contributed by atoms with Gasteiger partial charge in [-0.25, -0.2) is 0 Å². The first-order valence-corrected chi connectivity index (χ1v) is 4.10. The molecule has 14 heavy (non-hydrogen) atoms. The van der Waals surface area contributed by atoms with E-state index in [1.807, 2.05) is 0 Å². The van der Waals surface area contributed by atoms with Gasteiger partial charge in [0.05, 0.1) is 6.20 Å². The van der Waals surface area contributed by atoms with Crippen molar-refractivity contribution in [2.75, 3.05) is 0 Å². The maximum absolute atomic E-state index is 10.5. The summed E-state index contributed by atoms with van der Waals surface area (Å²) >= 11 is 0. The summed E-state index contributed by atoms with van der Waals surface area (Å²) in [4.78, 5) is 10.5. The van der Waals surface area contributed by atoms with Crippen molar-refractivity contribution < 1.29 is 15.0 Å². The van der Waals surface area contributed by atoms with Crippen molar-refractivity contribution >= 4 is 5.97 Å². The van der Waals surface area contributed by atoms with Crippen molar-refractivity contribution in [1.82, 2.24) is 9.78 Å². The minimum atomic E-state index is -1.32. The maximum Gasteiger partial charge on any atom is 0.323 e. The lowest BCUT2D eigenvalue weighted by Crippen LogP contribution is -2.36. The molecule has 78 valence electrons. The molecule has 0 aromatic carbocycles. The van der Waals surface area contributed by atoms with Crippen LogP contribution in [0.1, 0.15) is 17.4 Å². The molecule has 4 N–H and O–H groups in total. The SMILES string of the molecule is Cc1c(C(O)C(N)C(=O)O)cnn1C. The molecule has 0 fully saturated rings. The molecule has 1 heterocycles. The van der Waals surface area contributed by atoms with Gasteiger partial charge in [0.2, 0.25) is 0 Å². The standard InChI is InChI=1S/C8H13N3O3/c1-4-5(3-10-11(4)2)7(12)6(9)8(13)14/h3,6-7,12H,9H2,1-2H3,(H,13,14). The molecule has 6 heteroatoms. The molecular formula is C8H13N3O3. The number of nitrogens with zero attached hydrogens (tertiary/aromatic N) is 2. The zero-order valence-electron chi connectivity index (χ0n) is 8.01. The van der Waals surface area contributed by atoms with E-state index in [0.717, 1.165) is 0 Å². The molecule has 2 atom stereocenters. The van der Waals surface area contributed by atoms with Crippen LogP contribution in [0.25, 0.3) is 0 Å². The third kappa shape index (κ3) is 1.75. The van der Waals surface area contributed by atoms with Gasteiger partial charge in [-0.15, -0.1) is 0 Å². The molecule has 0 aliphatic rings. The lowest BCUT2D eigenvalue weighted by molar-refractivity contribution is -0.141. The lowest BCUT2D eigenvalue weighted by Gasteiger charge is -2.14. The van der Waals surface area contributed by atoms with E-state index in [0.29, 0.717) is 11.3 Å². The number of hydrogen-bond donors (Lipinski definition) is 3. The molecule has 1 rings (SSSR count). The molecule has 2 unspecified atom stereocenters. The Kier molecular flexibility index (Phi) is 2.87. The van der Waals surface area contributed by atoms with E-state index in [-0.39, 0.29) is 0 Å². The van der Waals surface area contributed by atoms with Gasteiger partial charge in [-0.05, 0) is 6.92 Å². The summed E-state index contributed by atoms with van der Waals surface area (Å²) in [6.07, 6.45) is 0.198. The van der Waals surface area contributed by atoms with Crippen molar-refractivity contribution in [3.8, 4) is 0 Å². The molecule has 0 saturated carbocycles. The quantitative estimate of drug-likeness (QED) is 0.590. The molecule has 0 saturated heterocycles. The number of carboxylic acids is 1. The Morgan fingerprint density at radius 2 is 2.29 bits per heavy atom. The highest BCUT2D eigenvalue weighted by molar-refractivity contribution is 5.74. The van der Waals surface area contributed by atoms with Gasteiger partial charge in [0, 0.05) is 18.3 Å². The van der Waals surface area contributed by atoms with Crippen LogP contribution in [0.4, 0.5) is 0 Å². The van der Waals surface area contributed by atoms with Gasteiger partial charge in [0.25, 0.3) is 0 Å². The van der Waals surface area contributed by atoms with Crippen LogP contribution in [0.2, 0.25) is 0 Å². The van der Waals surface area contributed by atoms with E-state index in [1.54, 1.807) is 18.7 Å². The number of aryl methyl sites for hydroxylation is 1. The molecule has 0 spiro atoms. The van der Waals surface area contributed by atoms with Gasteiger partial charge in [-0.3, -0.25) is 9.48 Å². The smallest absolute Gasteiger partial charge is 0.323 e. The predicted octanol–water partition coefficient (Wildman–Crippen LogP) is -0.826. The van der Waals surface area contributed by atoms with Crippen LogP contribution in [0.5, 0.6) is 0 Å². The number of aromatic nitrogens is 2. The van der Waals surface area contributed by atoms with E-state index in [9.17, 15) is 9.90 Å². The summed E-state index contributed by atoms with van der Waals surface area (Å²) < 4.78 is 1.55. The zero-order valence-corrected chi connectivity index (χ0v) is 8.01. The number of rotatable bonds is 3. The second kappa shape index (κ2) is 3.77. The van der Waals surface area contributed by atoms with Gasteiger partial charge in [-0.2, -0.15) is 5.10 Å². The van der Waals surface area contributed by atoms with Crippen LogP contribution in [0.15, 0.2) is 6.20 Å². The number of carbonyl (C=O) groups is 1. The molecule has 6 nitrogen and oxygen atoms in total. The normalized spacial score (nSPS) is 15.1. The molecule has 0 bridgehead atoms. The molecule has 1 aromatic rings. The number of hydrogen-bond acceptors (Lipinski definition) is 4. The van der Waals surface area contributed by atoms with Crippen LogP contribution in [0.3, 0.4) is 0 Å². The fraction of sp³-hybridized carbons (Fsp3) is 0.500. The van der Waals surface area contributed by atoms with Crippen molar-refractivity contribution in [2.45, 2.75) is 19.1 Å². The third-order valence-corrected chi connectivity index (χ3v) is 2.22. The van der Waals surface area contributed by atoms with E-state index in [2.05, 4.69) is 5.10 Å². The fourth-order valence-electron chi connectivity index (χ4n) is 1.13. The number of aliphatic hydroxyl groups is 1. The Bertz CT molecular complexity index is 348. The summed E-state index contributed by atoms with van der Waals surface area (Å²) in [5, 5.41) is 22.1. The maximum atomic E-state index is 10.5. The van der Waals surface area contributed by atoms with Crippen LogP contribution in [0, 0.1) is 6.92 Å². The van der Waals surface area contributed by atoms with Gasteiger partial charge < -0.3 is 15.9 Å². The van der Waals surface area contributed by atoms with Crippen molar-refractivity contribution in [1.29, 1.82) is 0 Å². The molecule has 0 amide bonds. The highest BCUT2D eigenvalue weighted by Gasteiger charge is 2.26. The predicted molar refractivity (Wildman–Crippen MR) is 48.5 cm³/mol. The summed E-state index contributed by atoms with van der Waals surface area (Å²) in [6.45, 7) is 1.74. The summed E-state index contributed by atoms with van der Waals surface area (Å²) in [7, 11) is 1.71. The highest BCUT2D eigenvalue weighted by atomic mass is 16.4. The number of aliphatic hydroxyl groups excluding tert-OH is 1. The summed E-state index contributed by atoms with van der Waals surface area (Å²) in [6, 6.07) is -1.32. The van der Waals surface area contributed by atoms with Crippen molar-refractivity contribution in [3.05, 3.63) is 17.5 Å². The van der Waals surface area contributed by atoms with E-state index < -0.39 is 18.1 Å². The Morgan fingerprint density at radius 3 is 2.64 bits per heavy atom. The van der Waals surface area contributed by atoms with Crippen LogP contribution < -0.4 is 5.73 Å². The molecular weight excluding hydrogens is 186 g/mol. The number of aliphatic carboxylic acids is 1. The molecule has 0 radical (unpaired) electrons. The minimum absolute atomic E-state index is 0.447. The molecule has 1 aromatic heterocycles. The van der Waals surface area contributed by atoms with Crippen LogP contribution in [-0.2, 0) is 11.8 Å². The van der Waals surface area contributed by atoms with Gasteiger partial charge >= 0.3 is 5.97 Å². The van der Waals surface area contributed by atoms with E-state index in [1.165, 1.54) is 6.20 Å². The molecule has 0 aliphatic heterocycles. The van der Waals surface area contributed by atoms with Crippen molar-refractivity contribution in [2.24, 2.45) is 12.8 Å². The Balaban J connectivity index is 2.94. The Labute approximate surface area is 81.0 Å². The highest BCUT2D eigenvalue weighted by Crippen LogP contribution is 2.18. The number of nitrogens with two attached hydrogens (primary N) is 1. The minimum Gasteiger partial charge on any atom is -0.480 e. The Morgan fingerprint density at radius 1 is 1.71 bits per heavy atom. The third-order valence-electron chi connectivity index (χ3n) is 2.22. The average Bonchev–Trinajstić information content (AvgIpc) is 2.45. The van der Waals surface area contributed by atoms with Crippen LogP contribution in [-0.4, -0.2) is 32.0 Å². The summed E-state index contributed by atoms with van der Waals surface area (Å²) in [5.41, 5.74) is 6.43. The first-order valence-electron chi connectivity index (χ1n) is 4.10. The summed E-state index contributed by atoms with van der Waals surface area (Å²) in [5.74, 6) is -1.24. The van der Waals surface area contributed by atoms with Crippen molar-refractivity contribution in [3.63, 3.8) is 0 Å². The monoisotopic (exact) mass is 199 g/mol. The zero-order chi connectivity index (χ0) is 10.9. The first-order chi connectivity index (χ1) is 6.45. The van der Waals surface area contributed by atoms with Gasteiger partial charge in [-0.1, -0.05) is 0 Å². The van der Waals surface area contributed by atoms with Gasteiger partial charge in [0.1, 0.15) is 12.1 Å².